The van der Waals surface area contributed by atoms with Crippen molar-refractivity contribution < 1.29 is 9.59 Å². The van der Waals surface area contributed by atoms with Crippen LogP contribution in [0.3, 0.4) is 0 Å². The minimum absolute atomic E-state index is 0.0976. The lowest BCUT2D eigenvalue weighted by molar-refractivity contribution is 0.102. The molecule has 1 aromatic carbocycles. The normalized spacial score (nSPS) is 21.1. The molecule has 2 fully saturated rings. The van der Waals surface area contributed by atoms with Gasteiger partial charge < -0.3 is 15.1 Å². The number of carbonyl (C=O) groups excluding carboxylic acids is 2. The zero-order chi connectivity index (χ0) is 22.6. The van der Waals surface area contributed by atoms with Crippen molar-refractivity contribution in [2.75, 3.05) is 42.9 Å². The molecule has 7 nitrogen and oxygen atoms in total. The van der Waals surface area contributed by atoms with Gasteiger partial charge in [0.05, 0.1) is 16.9 Å². The van der Waals surface area contributed by atoms with Crippen molar-refractivity contribution in [3.05, 3.63) is 48.2 Å². The minimum atomic E-state index is -0.241. The molecule has 5 rings (SSSR count). The maximum atomic E-state index is 13.9. The number of nitrogens with one attached hydrogen (secondary N) is 1. The van der Waals surface area contributed by atoms with Gasteiger partial charge in [-0.2, -0.15) is 0 Å². The molecular weight excluding hydrogens is 414 g/mol. The highest BCUT2D eigenvalue weighted by molar-refractivity contribution is 6.16. The molecule has 174 valence electrons. The lowest BCUT2D eigenvalue weighted by atomic mass is 9.93. The fourth-order valence-electron chi connectivity index (χ4n) is 5.43. The van der Waals surface area contributed by atoms with Gasteiger partial charge in [0.15, 0.2) is 5.82 Å². The van der Waals surface area contributed by atoms with Crippen LogP contribution in [0.15, 0.2) is 42.6 Å². The second-order valence-corrected chi connectivity index (χ2v) is 9.46. The third-order valence-electron chi connectivity index (χ3n) is 7.15. The van der Waals surface area contributed by atoms with E-state index in [0.29, 0.717) is 28.7 Å². The summed E-state index contributed by atoms with van der Waals surface area (Å²) >= 11 is 0. The number of nitrogens with zero attached hydrogens (tertiary/aromatic N) is 4. The van der Waals surface area contributed by atoms with E-state index in [1.807, 2.05) is 29.2 Å². The molecule has 3 aliphatic heterocycles. The van der Waals surface area contributed by atoms with Crippen molar-refractivity contribution in [1.29, 1.82) is 0 Å². The molecule has 1 unspecified atom stereocenters. The summed E-state index contributed by atoms with van der Waals surface area (Å²) in [5.41, 5.74) is 1.71. The summed E-state index contributed by atoms with van der Waals surface area (Å²) in [6, 6.07) is 10.8. The first kappa shape index (κ1) is 21.9. The summed E-state index contributed by atoms with van der Waals surface area (Å²) < 4.78 is 0. The number of fused-ring (bicyclic) bond motifs is 2. The van der Waals surface area contributed by atoms with Crippen LogP contribution in [0.5, 0.6) is 0 Å². The predicted molar refractivity (Wildman–Crippen MR) is 130 cm³/mol. The van der Waals surface area contributed by atoms with Gasteiger partial charge in [-0.3, -0.25) is 4.79 Å². The first-order chi connectivity index (χ1) is 16.2. The van der Waals surface area contributed by atoms with Crippen LogP contribution in [0.1, 0.15) is 55.3 Å². The van der Waals surface area contributed by atoms with Crippen LogP contribution in [-0.4, -0.2) is 59.4 Å². The van der Waals surface area contributed by atoms with E-state index in [1.54, 1.807) is 23.2 Å². The average Bonchev–Trinajstić information content (AvgIpc) is 2.98. The number of para-hydroxylation sites is 2. The molecule has 0 radical (unpaired) electrons. The average molecular weight is 448 g/mol. The summed E-state index contributed by atoms with van der Waals surface area (Å²) in [6.45, 7) is 5.16. The van der Waals surface area contributed by atoms with Crippen LogP contribution in [0.25, 0.3) is 0 Å². The maximum absolute atomic E-state index is 13.9. The number of hydrogen-bond acceptors (Lipinski definition) is 4. The number of amides is 3. The number of hydrogen-bond donors (Lipinski definition) is 1. The van der Waals surface area contributed by atoms with E-state index in [1.165, 1.54) is 51.7 Å². The van der Waals surface area contributed by atoms with Gasteiger partial charge in [0, 0.05) is 19.3 Å². The monoisotopic (exact) mass is 447 g/mol. The third kappa shape index (κ3) is 4.74. The number of rotatable bonds is 4. The first-order valence-corrected chi connectivity index (χ1v) is 12.4. The Kier molecular flexibility index (Phi) is 6.58. The van der Waals surface area contributed by atoms with Crippen LogP contribution in [0.4, 0.5) is 22.0 Å². The van der Waals surface area contributed by atoms with E-state index >= 15 is 0 Å². The first-order valence-electron chi connectivity index (χ1n) is 12.4. The Bertz CT molecular complexity index is 1000. The maximum Gasteiger partial charge on any atom is 0.330 e. The molecule has 33 heavy (non-hydrogen) atoms. The topological polar surface area (TPSA) is 68.8 Å². The molecule has 0 spiro atoms. The summed E-state index contributed by atoms with van der Waals surface area (Å²) in [5, 5.41) is 2.94. The molecule has 7 heteroatoms. The predicted octanol–water partition coefficient (Wildman–Crippen LogP) is 4.88. The molecule has 1 aromatic heterocycles. The molecule has 3 aliphatic rings. The standard InChI is InChI=1S/C26H33N5O2/c32-25-21-11-6-14-27-24(21)31(23-13-3-2-12-22(23)28-25)26(33)30-18-8-10-20(19-30)9-7-17-29-15-4-1-5-16-29/h2-3,6,11-14,20H,1,4-5,7-10,15-19H2,(H,28,32). The molecule has 0 saturated carbocycles. The van der Waals surface area contributed by atoms with Gasteiger partial charge in [-0.25, -0.2) is 14.7 Å². The van der Waals surface area contributed by atoms with Crippen LogP contribution >= 0.6 is 0 Å². The number of aromatic nitrogens is 1. The Morgan fingerprint density at radius 2 is 1.88 bits per heavy atom. The summed E-state index contributed by atoms with van der Waals surface area (Å²) in [4.78, 5) is 37.3. The molecule has 4 heterocycles. The Morgan fingerprint density at radius 1 is 1.03 bits per heavy atom. The molecule has 0 aliphatic carbocycles. The smallest absolute Gasteiger partial charge is 0.324 e. The van der Waals surface area contributed by atoms with Crippen LogP contribution in [0, 0.1) is 5.92 Å². The number of carbonyl (C=O) groups is 2. The van der Waals surface area contributed by atoms with Gasteiger partial charge in [-0.1, -0.05) is 18.6 Å². The number of piperidine rings is 2. The summed E-state index contributed by atoms with van der Waals surface area (Å²) in [6.07, 6.45) is 10.2. The van der Waals surface area contributed by atoms with Gasteiger partial charge in [0.2, 0.25) is 0 Å². The summed E-state index contributed by atoms with van der Waals surface area (Å²) in [5.74, 6) is 0.685. The van der Waals surface area contributed by atoms with Gasteiger partial charge in [-0.15, -0.1) is 0 Å². The van der Waals surface area contributed by atoms with Gasteiger partial charge in [-0.05, 0) is 88.3 Å². The lowest BCUT2D eigenvalue weighted by Gasteiger charge is -2.36. The molecule has 1 atom stereocenters. The fraction of sp³-hybridized carbons (Fsp3) is 0.500. The number of likely N-dealkylation sites (tertiary alicyclic amines) is 2. The molecule has 2 aromatic rings. The minimum Gasteiger partial charge on any atom is -0.324 e. The van der Waals surface area contributed by atoms with E-state index in [2.05, 4.69) is 15.2 Å². The number of urea groups is 1. The zero-order valence-electron chi connectivity index (χ0n) is 19.2. The Hall–Kier alpha value is -2.93. The Balaban J connectivity index is 1.32. The van der Waals surface area contributed by atoms with Crippen LogP contribution in [-0.2, 0) is 0 Å². The molecule has 3 amide bonds. The molecule has 0 bridgehead atoms. The van der Waals surface area contributed by atoms with Crippen molar-refractivity contribution in [1.82, 2.24) is 14.8 Å². The van der Waals surface area contributed by atoms with E-state index in [0.717, 1.165) is 25.9 Å². The van der Waals surface area contributed by atoms with E-state index in [9.17, 15) is 9.59 Å². The van der Waals surface area contributed by atoms with Gasteiger partial charge in [0.1, 0.15) is 0 Å². The van der Waals surface area contributed by atoms with Gasteiger partial charge in [0.25, 0.3) is 5.91 Å². The molecule has 2 saturated heterocycles. The second-order valence-electron chi connectivity index (χ2n) is 9.46. The van der Waals surface area contributed by atoms with Crippen molar-refractivity contribution in [3.8, 4) is 0 Å². The second kappa shape index (κ2) is 9.91. The van der Waals surface area contributed by atoms with E-state index in [4.69, 9.17) is 0 Å². The third-order valence-corrected chi connectivity index (χ3v) is 7.15. The SMILES string of the molecule is O=C1Nc2ccccc2N(C(=O)N2CCCC(CCCN3CCCCC3)C2)c2ncccc21. The highest BCUT2D eigenvalue weighted by Crippen LogP contribution is 2.37. The zero-order valence-corrected chi connectivity index (χ0v) is 19.2. The van der Waals surface area contributed by atoms with Gasteiger partial charge >= 0.3 is 6.03 Å². The van der Waals surface area contributed by atoms with E-state index < -0.39 is 0 Å². The largest absolute Gasteiger partial charge is 0.330 e. The van der Waals surface area contributed by atoms with Crippen LogP contribution < -0.4 is 10.2 Å². The number of pyridine rings is 1. The van der Waals surface area contributed by atoms with Crippen LogP contribution in [0.2, 0.25) is 0 Å². The number of benzene rings is 1. The van der Waals surface area contributed by atoms with Crippen molar-refractivity contribution >= 4 is 29.1 Å². The lowest BCUT2D eigenvalue weighted by Crippen LogP contribution is -2.46. The fourth-order valence-corrected chi connectivity index (χ4v) is 5.43. The van der Waals surface area contributed by atoms with Crippen molar-refractivity contribution in [3.63, 3.8) is 0 Å². The quantitative estimate of drug-likeness (QED) is 0.725. The number of anilines is 3. The van der Waals surface area contributed by atoms with Crippen molar-refractivity contribution in [2.24, 2.45) is 5.92 Å². The summed E-state index contributed by atoms with van der Waals surface area (Å²) in [7, 11) is 0. The molecule has 1 N–H and O–H groups in total. The highest BCUT2D eigenvalue weighted by atomic mass is 16.2. The Labute approximate surface area is 195 Å². The highest BCUT2D eigenvalue weighted by Gasteiger charge is 2.34. The molecular formula is C26H33N5O2. The van der Waals surface area contributed by atoms with E-state index in [-0.39, 0.29) is 11.9 Å². The van der Waals surface area contributed by atoms with Crippen molar-refractivity contribution in [2.45, 2.75) is 44.9 Å². The Morgan fingerprint density at radius 3 is 2.76 bits per heavy atom.